The van der Waals surface area contributed by atoms with Crippen molar-refractivity contribution in [3.8, 4) is 11.5 Å². The first-order valence-corrected chi connectivity index (χ1v) is 10.3. The summed E-state index contributed by atoms with van der Waals surface area (Å²) in [5, 5.41) is 6.69. The van der Waals surface area contributed by atoms with E-state index < -0.39 is 0 Å². The predicted octanol–water partition coefficient (Wildman–Crippen LogP) is 4.21. The average Bonchev–Trinajstić information content (AvgIpc) is 2.70. The molecule has 2 rings (SSSR count). The van der Waals surface area contributed by atoms with Crippen molar-refractivity contribution in [3.63, 3.8) is 0 Å². The number of halogens is 1. The van der Waals surface area contributed by atoms with Crippen LogP contribution in [0, 0.1) is 5.92 Å². The molecule has 0 radical (unpaired) electrons. The number of nitrogens with one attached hydrogen (secondary N) is 2. The average molecular weight is 504 g/mol. The molecule has 7 heteroatoms. The largest absolute Gasteiger partial charge is 0.493 e. The summed E-state index contributed by atoms with van der Waals surface area (Å²) in [6, 6.07) is 5.86. The van der Waals surface area contributed by atoms with Crippen LogP contribution in [0.4, 0.5) is 5.69 Å². The number of methoxy groups -OCH3 is 1. The first-order valence-electron chi connectivity index (χ1n) is 10.3. The van der Waals surface area contributed by atoms with Gasteiger partial charge >= 0.3 is 0 Å². The van der Waals surface area contributed by atoms with E-state index in [4.69, 9.17) is 14.5 Å². The van der Waals surface area contributed by atoms with Crippen LogP contribution >= 0.6 is 24.0 Å². The number of guanidine groups is 1. The van der Waals surface area contributed by atoms with Crippen molar-refractivity contribution in [2.75, 3.05) is 51.8 Å². The summed E-state index contributed by atoms with van der Waals surface area (Å²) in [7, 11) is 1.66. The highest BCUT2D eigenvalue weighted by Gasteiger charge is 2.17. The highest BCUT2D eigenvalue weighted by Crippen LogP contribution is 2.30. The number of anilines is 1. The van der Waals surface area contributed by atoms with Crippen molar-refractivity contribution in [2.45, 2.75) is 40.0 Å². The summed E-state index contributed by atoms with van der Waals surface area (Å²) in [5.74, 6) is 3.09. The smallest absolute Gasteiger partial charge is 0.195 e. The minimum absolute atomic E-state index is 0. The van der Waals surface area contributed by atoms with Crippen molar-refractivity contribution in [3.05, 3.63) is 18.2 Å². The summed E-state index contributed by atoms with van der Waals surface area (Å²) in [5.41, 5.74) is 0.936. The Labute approximate surface area is 187 Å². The first-order chi connectivity index (χ1) is 13.2. The van der Waals surface area contributed by atoms with Gasteiger partial charge in [0.2, 0.25) is 0 Å². The SMILES string of the molecule is CCNC(=NCCC1CCN(CC)CC1)Nc1ccc(OCC)c(OC)c1.I. The summed E-state index contributed by atoms with van der Waals surface area (Å²) < 4.78 is 11.0. The second-order valence-corrected chi connectivity index (χ2v) is 6.85. The Bertz CT molecular complexity index is 590. The van der Waals surface area contributed by atoms with Crippen LogP contribution in [-0.2, 0) is 0 Å². The van der Waals surface area contributed by atoms with Gasteiger partial charge in [0.15, 0.2) is 17.5 Å². The van der Waals surface area contributed by atoms with E-state index in [0.29, 0.717) is 6.61 Å². The van der Waals surface area contributed by atoms with E-state index in [1.54, 1.807) is 7.11 Å². The van der Waals surface area contributed by atoms with Crippen LogP contribution in [0.2, 0.25) is 0 Å². The highest BCUT2D eigenvalue weighted by molar-refractivity contribution is 14.0. The van der Waals surface area contributed by atoms with Gasteiger partial charge in [0.25, 0.3) is 0 Å². The molecule has 1 aliphatic heterocycles. The van der Waals surface area contributed by atoms with E-state index in [0.717, 1.165) is 48.6 Å². The standard InChI is InChI=1S/C21H36N4O2.HI/c1-5-22-21(23-13-10-17-11-14-25(6-2)15-12-17)24-18-8-9-19(27-7-3)20(16-18)26-4;/h8-9,16-17H,5-7,10-15H2,1-4H3,(H2,22,23,24);1H. The fourth-order valence-corrected chi connectivity index (χ4v) is 3.41. The van der Waals surface area contributed by atoms with Crippen LogP contribution in [0.1, 0.15) is 40.0 Å². The lowest BCUT2D eigenvalue weighted by atomic mass is 9.94. The van der Waals surface area contributed by atoms with Crippen molar-refractivity contribution >= 4 is 35.6 Å². The monoisotopic (exact) mass is 504 g/mol. The first kappa shape index (κ1) is 24.8. The van der Waals surface area contributed by atoms with Crippen LogP contribution in [0.3, 0.4) is 0 Å². The van der Waals surface area contributed by atoms with Gasteiger partial charge in [-0.15, -0.1) is 24.0 Å². The molecule has 1 saturated heterocycles. The molecule has 0 bridgehead atoms. The third kappa shape index (κ3) is 8.03. The quantitative estimate of drug-likeness (QED) is 0.300. The Kier molecular flexibility index (Phi) is 12.3. The Morgan fingerprint density at radius 3 is 2.54 bits per heavy atom. The van der Waals surface area contributed by atoms with Gasteiger partial charge in [-0.25, -0.2) is 0 Å². The molecule has 160 valence electrons. The number of piperidine rings is 1. The number of nitrogens with zero attached hydrogens (tertiary/aromatic N) is 2. The molecule has 1 aliphatic rings. The van der Waals surface area contributed by atoms with Crippen molar-refractivity contribution in [1.82, 2.24) is 10.2 Å². The lowest BCUT2D eigenvalue weighted by molar-refractivity contribution is 0.188. The molecule has 0 aliphatic carbocycles. The molecule has 0 aromatic heterocycles. The van der Waals surface area contributed by atoms with E-state index in [9.17, 15) is 0 Å². The Morgan fingerprint density at radius 1 is 1.18 bits per heavy atom. The Balaban J connectivity index is 0.00000392. The van der Waals surface area contributed by atoms with Crippen molar-refractivity contribution in [1.29, 1.82) is 0 Å². The molecule has 2 N–H and O–H groups in total. The zero-order valence-electron chi connectivity index (χ0n) is 17.8. The van der Waals surface area contributed by atoms with Gasteiger partial charge < -0.3 is 25.0 Å². The Hall–Kier alpha value is -1.22. The molecule has 0 amide bonds. The molecule has 0 saturated carbocycles. The minimum atomic E-state index is 0. The van der Waals surface area contributed by atoms with E-state index >= 15 is 0 Å². The van der Waals surface area contributed by atoms with E-state index in [2.05, 4.69) is 29.4 Å². The van der Waals surface area contributed by atoms with Gasteiger partial charge in [-0.1, -0.05) is 6.92 Å². The number of hydrogen-bond acceptors (Lipinski definition) is 4. The normalized spacial score (nSPS) is 15.6. The molecule has 1 aromatic rings. The molecular formula is C21H37IN4O2. The molecule has 1 aromatic carbocycles. The van der Waals surface area contributed by atoms with Gasteiger partial charge in [0.1, 0.15) is 0 Å². The molecule has 0 atom stereocenters. The number of benzene rings is 1. The number of likely N-dealkylation sites (tertiary alicyclic amines) is 1. The maximum Gasteiger partial charge on any atom is 0.195 e. The fourth-order valence-electron chi connectivity index (χ4n) is 3.41. The van der Waals surface area contributed by atoms with E-state index in [1.807, 2.05) is 25.1 Å². The predicted molar refractivity (Wildman–Crippen MR) is 129 cm³/mol. The molecule has 1 heterocycles. The number of ether oxygens (including phenoxy) is 2. The number of hydrogen-bond donors (Lipinski definition) is 2. The third-order valence-electron chi connectivity index (χ3n) is 5.03. The van der Waals surface area contributed by atoms with Gasteiger partial charge in [0.05, 0.1) is 13.7 Å². The maximum atomic E-state index is 5.58. The van der Waals surface area contributed by atoms with Crippen LogP contribution in [0.5, 0.6) is 11.5 Å². The number of rotatable bonds is 9. The van der Waals surface area contributed by atoms with Gasteiger partial charge in [0, 0.05) is 24.8 Å². The molecular weight excluding hydrogens is 467 g/mol. The summed E-state index contributed by atoms with van der Waals surface area (Å²) >= 11 is 0. The zero-order valence-corrected chi connectivity index (χ0v) is 20.1. The lowest BCUT2D eigenvalue weighted by Gasteiger charge is -2.30. The molecule has 28 heavy (non-hydrogen) atoms. The molecule has 6 nitrogen and oxygen atoms in total. The summed E-state index contributed by atoms with van der Waals surface area (Å²) in [4.78, 5) is 7.30. The second kappa shape index (κ2) is 13.9. The lowest BCUT2D eigenvalue weighted by Crippen LogP contribution is -2.34. The second-order valence-electron chi connectivity index (χ2n) is 6.85. The highest BCUT2D eigenvalue weighted by atomic mass is 127. The maximum absolute atomic E-state index is 5.58. The third-order valence-corrected chi connectivity index (χ3v) is 5.03. The van der Waals surface area contributed by atoms with Crippen LogP contribution in [-0.4, -0.2) is 57.3 Å². The van der Waals surface area contributed by atoms with Gasteiger partial charge in [-0.2, -0.15) is 0 Å². The van der Waals surface area contributed by atoms with Crippen molar-refractivity contribution in [2.24, 2.45) is 10.9 Å². The summed E-state index contributed by atoms with van der Waals surface area (Å²) in [6.07, 6.45) is 3.74. The molecule has 1 fully saturated rings. The Morgan fingerprint density at radius 2 is 1.93 bits per heavy atom. The van der Waals surface area contributed by atoms with Crippen LogP contribution < -0.4 is 20.1 Å². The van der Waals surface area contributed by atoms with Crippen LogP contribution in [0.15, 0.2) is 23.2 Å². The van der Waals surface area contributed by atoms with Crippen molar-refractivity contribution < 1.29 is 9.47 Å². The van der Waals surface area contributed by atoms with Crippen LogP contribution in [0.25, 0.3) is 0 Å². The van der Waals surface area contributed by atoms with Gasteiger partial charge in [-0.3, -0.25) is 4.99 Å². The topological polar surface area (TPSA) is 58.1 Å². The minimum Gasteiger partial charge on any atom is -0.493 e. The zero-order chi connectivity index (χ0) is 19.5. The van der Waals surface area contributed by atoms with Gasteiger partial charge in [-0.05, 0) is 70.8 Å². The molecule has 0 spiro atoms. The van der Waals surface area contributed by atoms with E-state index in [-0.39, 0.29) is 24.0 Å². The number of aliphatic imine (C=N–C) groups is 1. The summed E-state index contributed by atoms with van der Waals surface area (Å²) in [6.45, 7) is 12.2. The molecule has 0 unspecified atom stereocenters. The fraction of sp³-hybridized carbons (Fsp3) is 0.667. The van der Waals surface area contributed by atoms with E-state index in [1.165, 1.54) is 32.5 Å².